The van der Waals surface area contributed by atoms with Crippen LogP contribution in [-0.2, 0) is 9.47 Å². The van der Waals surface area contributed by atoms with Crippen LogP contribution in [0.1, 0.15) is 45.4 Å². The van der Waals surface area contributed by atoms with E-state index in [1.54, 1.807) is 7.11 Å². The summed E-state index contributed by atoms with van der Waals surface area (Å²) in [6.45, 7) is 5.67. The quantitative estimate of drug-likeness (QED) is 0.631. The lowest BCUT2D eigenvalue weighted by Crippen LogP contribution is -2.35. The highest BCUT2D eigenvalue weighted by Gasteiger charge is 2.18. The topological polar surface area (TPSA) is 30.5 Å². The van der Waals surface area contributed by atoms with Gasteiger partial charge in [0.25, 0.3) is 0 Å². The molecule has 0 aromatic heterocycles. The van der Waals surface area contributed by atoms with Gasteiger partial charge in [-0.2, -0.15) is 0 Å². The first-order valence-corrected chi connectivity index (χ1v) is 7.14. The van der Waals surface area contributed by atoms with Gasteiger partial charge in [-0.1, -0.05) is 19.3 Å². The monoisotopic (exact) mass is 243 g/mol. The Balaban J connectivity index is 1.90. The molecule has 1 aliphatic carbocycles. The molecule has 0 heterocycles. The molecule has 0 spiro atoms. The SMILES string of the molecule is COCCOCCCN[C@H](C)C1CCCCC1. The van der Waals surface area contributed by atoms with Gasteiger partial charge in [0.15, 0.2) is 0 Å². The van der Waals surface area contributed by atoms with Gasteiger partial charge in [0.1, 0.15) is 0 Å². The molecule has 1 aliphatic rings. The van der Waals surface area contributed by atoms with E-state index in [2.05, 4.69) is 12.2 Å². The van der Waals surface area contributed by atoms with E-state index < -0.39 is 0 Å². The Labute approximate surface area is 106 Å². The second kappa shape index (κ2) is 9.86. The number of rotatable bonds is 9. The van der Waals surface area contributed by atoms with Crippen LogP contribution >= 0.6 is 0 Å². The van der Waals surface area contributed by atoms with Crippen LogP contribution in [0.2, 0.25) is 0 Å². The molecule has 1 rings (SSSR count). The Morgan fingerprint density at radius 2 is 1.88 bits per heavy atom. The lowest BCUT2D eigenvalue weighted by atomic mass is 9.84. The summed E-state index contributed by atoms with van der Waals surface area (Å²) in [6, 6.07) is 0.675. The predicted molar refractivity (Wildman–Crippen MR) is 71.4 cm³/mol. The Bertz CT molecular complexity index is 170. The minimum atomic E-state index is 0.675. The molecule has 0 bridgehead atoms. The van der Waals surface area contributed by atoms with Crippen molar-refractivity contribution in [2.24, 2.45) is 5.92 Å². The summed E-state index contributed by atoms with van der Waals surface area (Å²) in [4.78, 5) is 0. The van der Waals surface area contributed by atoms with Crippen LogP contribution < -0.4 is 5.32 Å². The summed E-state index contributed by atoms with van der Waals surface area (Å²) in [7, 11) is 1.71. The molecule has 17 heavy (non-hydrogen) atoms. The van der Waals surface area contributed by atoms with Crippen molar-refractivity contribution < 1.29 is 9.47 Å². The first kappa shape index (κ1) is 14.9. The molecule has 0 aliphatic heterocycles. The number of hydrogen-bond acceptors (Lipinski definition) is 3. The zero-order chi connectivity index (χ0) is 12.3. The summed E-state index contributed by atoms with van der Waals surface area (Å²) in [5.41, 5.74) is 0. The van der Waals surface area contributed by atoms with Crippen molar-refractivity contribution in [3.63, 3.8) is 0 Å². The van der Waals surface area contributed by atoms with Crippen molar-refractivity contribution in [1.82, 2.24) is 5.32 Å². The van der Waals surface area contributed by atoms with E-state index in [4.69, 9.17) is 9.47 Å². The van der Waals surface area contributed by atoms with Gasteiger partial charge in [0.2, 0.25) is 0 Å². The van der Waals surface area contributed by atoms with E-state index in [-0.39, 0.29) is 0 Å². The summed E-state index contributed by atoms with van der Waals surface area (Å²) in [5, 5.41) is 3.63. The average molecular weight is 243 g/mol. The second-order valence-corrected chi connectivity index (χ2v) is 5.10. The fourth-order valence-corrected chi connectivity index (χ4v) is 2.55. The molecule has 102 valence electrons. The Kier molecular flexibility index (Phi) is 8.67. The van der Waals surface area contributed by atoms with Crippen LogP contribution in [0.4, 0.5) is 0 Å². The van der Waals surface area contributed by atoms with Gasteiger partial charge in [-0.05, 0) is 38.6 Å². The van der Waals surface area contributed by atoms with Crippen molar-refractivity contribution in [3.8, 4) is 0 Å². The van der Waals surface area contributed by atoms with Gasteiger partial charge in [0.05, 0.1) is 13.2 Å². The van der Waals surface area contributed by atoms with Gasteiger partial charge in [-0.25, -0.2) is 0 Å². The molecule has 0 saturated heterocycles. The Hall–Kier alpha value is -0.120. The van der Waals surface area contributed by atoms with Crippen molar-refractivity contribution >= 4 is 0 Å². The van der Waals surface area contributed by atoms with E-state index in [0.717, 1.165) is 25.5 Å². The van der Waals surface area contributed by atoms with Crippen LogP contribution in [0.15, 0.2) is 0 Å². The zero-order valence-corrected chi connectivity index (χ0v) is 11.5. The van der Waals surface area contributed by atoms with Crippen LogP contribution in [-0.4, -0.2) is 39.5 Å². The Morgan fingerprint density at radius 1 is 1.12 bits per heavy atom. The smallest absolute Gasteiger partial charge is 0.0700 e. The molecule has 0 amide bonds. The third-order valence-corrected chi connectivity index (χ3v) is 3.72. The molecule has 1 atom stereocenters. The highest BCUT2D eigenvalue weighted by molar-refractivity contribution is 4.75. The molecular weight excluding hydrogens is 214 g/mol. The highest BCUT2D eigenvalue weighted by atomic mass is 16.5. The maximum absolute atomic E-state index is 5.44. The molecule has 3 heteroatoms. The number of hydrogen-bond donors (Lipinski definition) is 1. The summed E-state index contributed by atoms with van der Waals surface area (Å²) < 4.78 is 10.4. The van der Waals surface area contributed by atoms with E-state index in [0.29, 0.717) is 19.3 Å². The lowest BCUT2D eigenvalue weighted by Gasteiger charge is -2.28. The maximum Gasteiger partial charge on any atom is 0.0700 e. The van der Waals surface area contributed by atoms with Gasteiger partial charge < -0.3 is 14.8 Å². The minimum absolute atomic E-state index is 0.675. The van der Waals surface area contributed by atoms with Gasteiger partial charge in [-0.15, -0.1) is 0 Å². The normalized spacial score (nSPS) is 19.4. The Morgan fingerprint density at radius 3 is 2.59 bits per heavy atom. The van der Waals surface area contributed by atoms with Crippen LogP contribution in [0.3, 0.4) is 0 Å². The second-order valence-electron chi connectivity index (χ2n) is 5.10. The predicted octanol–water partition coefficient (Wildman–Crippen LogP) is 2.60. The van der Waals surface area contributed by atoms with Gasteiger partial charge in [-0.3, -0.25) is 0 Å². The number of ether oxygens (including phenoxy) is 2. The maximum atomic E-state index is 5.44. The van der Waals surface area contributed by atoms with E-state index >= 15 is 0 Å². The van der Waals surface area contributed by atoms with Crippen LogP contribution in [0.5, 0.6) is 0 Å². The molecule has 0 aromatic rings. The average Bonchev–Trinajstić information content (AvgIpc) is 2.38. The van der Waals surface area contributed by atoms with E-state index in [1.165, 1.54) is 32.1 Å². The van der Waals surface area contributed by atoms with Crippen molar-refractivity contribution in [2.45, 2.75) is 51.5 Å². The van der Waals surface area contributed by atoms with Crippen LogP contribution in [0, 0.1) is 5.92 Å². The van der Waals surface area contributed by atoms with Crippen molar-refractivity contribution in [3.05, 3.63) is 0 Å². The largest absolute Gasteiger partial charge is 0.382 e. The molecule has 1 N–H and O–H groups in total. The first-order chi connectivity index (χ1) is 8.34. The molecule has 0 radical (unpaired) electrons. The van der Waals surface area contributed by atoms with Crippen molar-refractivity contribution in [2.75, 3.05) is 33.5 Å². The molecule has 1 fully saturated rings. The molecule has 0 aromatic carbocycles. The fourth-order valence-electron chi connectivity index (χ4n) is 2.55. The van der Waals surface area contributed by atoms with E-state index in [1.807, 2.05) is 0 Å². The number of methoxy groups -OCH3 is 1. The minimum Gasteiger partial charge on any atom is -0.382 e. The fraction of sp³-hybridized carbons (Fsp3) is 1.00. The number of nitrogens with one attached hydrogen (secondary N) is 1. The lowest BCUT2D eigenvalue weighted by molar-refractivity contribution is 0.0690. The highest BCUT2D eigenvalue weighted by Crippen LogP contribution is 2.26. The molecule has 1 saturated carbocycles. The standard InChI is InChI=1S/C14H29NO2/c1-13(14-7-4-3-5-8-14)15-9-6-10-17-12-11-16-2/h13-15H,3-12H2,1-2H3/t13-/m1/s1. The summed E-state index contributed by atoms with van der Waals surface area (Å²) in [5.74, 6) is 0.901. The molecular formula is C14H29NO2. The first-order valence-electron chi connectivity index (χ1n) is 7.14. The third kappa shape index (κ3) is 7.02. The molecule has 3 nitrogen and oxygen atoms in total. The third-order valence-electron chi connectivity index (χ3n) is 3.72. The summed E-state index contributed by atoms with van der Waals surface area (Å²) in [6.07, 6.45) is 8.22. The summed E-state index contributed by atoms with van der Waals surface area (Å²) >= 11 is 0. The van der Waals surface area contributed by atoms with Crippen LogP contribution in [0.25, 0.3) is 0 Å². The van der Waals surface area contributed by atoms with E-state index in [9.17, 15) is 0 Å². The van der Waals surface area contributed by atoms with Gasteiger partial charge >= 0.3 is 0 Å². The zero-order valence-electron chi connectivity index (χ0n) is 11.5. The molecule has 0 unspecified atom stereocenters. The van der Waals surface area contributed by atoms with Crippen molar-refractivity contribution in [1.29, 1.82) is 0 Å². The van der Waals surface area contributed by atoms with Gasteiger partial charge in [0, 0.05) is 19.8 Å².